The molecular formula is C19H15ClN2O7S. The highest BCUT2D eigenvalue weighted by Crippen LogP contribution is 2.24. The van der Waals surface area contributed by atoms with E-state index in [1.807, 2.05) is 0 Å². The van der Waals surface area contributed by atoms with Crippen molar-refractivity contribution in [2.45, 2.75) is 6.04 Å². The Bertz CT molecular complexity index is 1130. The predicted molar refractivity (Wildman–Crippen MR) is 109 cm³/mol. The number of nitro groups is 1. The van der Waals surface area contributed by atoms with Gasteiger partial charge >= 0.3 is 5.97 Å². The normalized spacial score (nSPS) is 16.8. The molecule has 30 heavy (non-hydrogen) atoms. The number of ether oxygens (including phenoxy) is 1. The molecule has 0 saturated carbocycles. The van der Waals surface area contributed by atoms with Gasteiger partial charge in [-0.2, -0.15) is 0 Å². The summed E-state index contributed by atoms with van der Waals surface area (Å²) in [6.45, 7) is -0.711. The highest BCUT2D eigenvalue weighted by Gasteiger charge is 2.32. The van der Waals surface area contributed by atoms with E-state index in [9.17, 15) is 28.1 Å². The van der Waals surface area contributed by atoms with Gasteiger partial charge in [-0.05, 0) is 24.3 Å². The molecule has 0 aromatic heterocycles. The third kappa shape index (κ3) is 4.84. The molecule has 0 saturated heterocycles. The second-order valence-electron chi connectivity index (χ2n) is 6.32. The summed E-state index contributed by atoms with van der Waals surface area (Å²) >= 11 is 5.91. The molecule has 1 aliphatic heterocycles. The molecule has 1 amide bonds. The fourth-order valence-electron chi connectivity index (χ4n) is 2.89. The van der Waals surface area contributed by atoms with Crippen LogP contribution >= 0.6 is 11.6 Å². The molecule has 0 N–H and O–H groups in total. The zero-order valence-corrected chi connectivity index (χ0v) is 16.9. The van der Waals surface area contributed by atoms with Crippen LogP contribution in [0.2, 0.25) is 5.02 Å². The van der Waals surface area contributed by atoms with Crippen LogP contribution in [0.5, 0.6) is 0 Å². The minimum Gasteiger partial charge on any atom is -0.452 e. The summed E-state index contributed by atoms with van der Waals surface area (Å²) in [6.07, 6.45) is 1.39. The molecule has 0 fully saturated rings. The Morgan fingerprint density at radius 2 is 1.90 bits per heavy atom. The van der Waals surface area contributed by atoms with Crippen LogP contribution in [0.15, 0.2) is 60.0 Å². The number of nitrogens with zero attached hydrogens (tertiary/aromatic N) is 2. The maximum Gasteiger partial charge on any atom is 0.340 e. The number of rotatable bonds is 6. The van der Waals surface area contributed by atoms with E-state index >= 15 is 0 Å². The highest BCUT2D eigenvalue weighted by atomic mass is 35.5. The third-order valence-electron chi connectivity index (χ3n) is 4.25. The van der Waals surface area contributed by atoms with Crippen LogP contribution in [0.4, 0.5) is 11.4 Å². The number of esters is 1. The Balaban J connectivity index is 1.78. The first kappa shape index (κ1) is 21.5. The van der Waals surface area contributed by atoms with Crippen molar-refractivity contribution in [2.24, 2.45) is 0 Å². The molecule has 0 aliphatic carbocycles. The summed E-state index contributed by atoms with van der Waals surface area (Å²) in [6, 6.07) is 10.8. The Kier molecular flexibility index (Phi) is 6.18. The van der Waals surface area contributed by atoms with E-state index in [4.69, 9.17) is 16.3 Å². The van der Waals surface area contributed by atoms with Crippen molar-refractivity contribution in [3.05, 3.63) is 80.7 Å². The molecule has 0 spiro atoms. The SMILES string of the molecule is O=C(OCC(=O)N(c1ccccc1)C1C=CS(=O)(=O)C1)c1cc([N+](=O)[O-])ccc1Cl. The molecule has 2 aromatic rings. The number of carbonyl (C=O) groups is 2. The average Bonchev–Trinajstić information content (AvgIpc) is 3.06. The van der Waals surface area contributed by atoms with E-state index in [2.05, 4.69) is 0 Å². The van der Waals surface area contributed by atoms with E-state index in [0.29, 0.717) is 5.69 Å². The molecule has 1 atom stereocenters. The second kappa shape index (κ2) is 8.64. The molecule has 1 heterocycles. The van der Waals surface area contributed by atoms with Crippen molar-refractivity contribution in [1.29, 1.82) is 0 Å². The maximum atomic E-state index is 12.8. The third-order valence-corrected chi connectivity index (χ3v) is 5.96. The molecule has 11 heteroatoms. The van der Waals surface area contributed by atoms with Crippen LogP contribution in [0, 0.1) is 10.1 Å². The van der Waals surface area contributed by atoms with Gasteiger partial charge in [-0.15, -0.1) is 0 Å². The van der Waals surface area contributed by atoms with E-state index < -0.39 is 39.3 Å². The Morgan fingerprint density at radius 3 is 2.50 bits per heavy atom. The number of para-hydroxylation sites is 1. The first-order valence-electron chi connectivity index (χ1n) is 8.57. The van der Waals surface area contributed by atoms with Crippen LogP contribution in [0.25, 0.3) is 0 Å². The molecular weight excluding hydrogens is 436 g/mol. The number of hydrogen-bond donors (Lipinski definition) is 0. The van der Waals surface area contributed by atoms with Crippen LogP contribution < -0.4 is 4.90 Å². The lowest BCUT2D eigenvalue weighted by atomic mass is 10.2. The molecule has 2 aromatic carbocycles. The zero-order valence-electron chi connectivity index (χ0n) is 15.3. The summed E-state index contributed by atoms with van der Waals surface area (Å²) < 4.78 is 28.6. The number of hydrogen-bond acceptors (Lipinski definition) is 7. The number of sulfone groups is 1. The van der Waals surface area contributed by atoms with Gasteiger partial charge in [0.25, 0.3) is 11.6 Å². The predicted octanol–water partition coefficient (Wildman–Crippen LogP) is 2.75. The Hall–Kier alpha value is -3.24. The number of anilines is 1. The van der Waals surface area contributed by atoms with E-state index in [-0.39, 0.29) is 22.0 Å². The lowest BCUT2D eigenvalue weighted by Gasteiger charge is -2.27. The smallest absolute Gasteiger partial charge is 0.340 e. The summed E-state index contributed by atoms with van der Waals surface area (Å²) in [5.74, 6) is -1.97. The number of carbonyl (C=O) groups excluding carboxylic acids is 2. The van der Waals surface area contributed by atoms with Crippen LogP contribution in [-0.2, 0) is 19.4 Å². The van der Waals surface area contributed by atoms with Crippen molar-refractivity contribution >= 4 is 44.7 Å². The van der Waals surface area contributed by atoms with Crippen LogP contribution in [0.1, 0.15) is 10.4 Å². The van der Waals surface area contributed by atoms with E-state index in [1.54, 1.807) is 30.3 Å². The Labute approximate surface area is 176 Å². The minimum atomic E-state index is -3.44. The molecule has 156 valence electrons. The Morgan fingerprint density at radius 1 is 1.20 bits per heavy atom. The first-order chi connectivity index (χ1) is 14.2. The number of benzene rings is 2. The fraction of sp³-hybridized carbons (Fsp3) is 0.158. The molecule has 9 nitrogen and oxygen atoms in total. The molecule has 1 aliphatic rings. The standard InChI is InChI=1S/C19H15ClN2O7S/c20-17-7-6-14(22(25)26)10-16(17)19(24)29-11-18(23)21(13-4-2-1-3-5-13)15-8-9-30(27,28)12-15/h1-10,15H,11-12H2. The lowest BCUT2D eigenvalue weighted by molar-refractivity contribution is -0.384. The summed E-state index contributed by atoms with van der Waals surface area (Å²) in [5.41, 5.74) is -0.183. The molecule has 0 bridgehead atoms. The number of halogens is 1. The van der Waals surface area contributed by atoms with Crippen molar-refractivity contribution < 1.29 is 27.7 Å². The van der Waals surface area contributed by atoms with Gasteiger partial charge in [-0.25, -0.2) is 13.2 Å². The summed E-state index contributed by atoms with van der Waals surface area (Å²) in [4.78, 5) is 36.6. The van der Waals surface area contributed by atoms with Crippen molar-refractivity contribution in [3.8, 4) is 0 Å². The van der Waals surface area contributed by atoms with Gasteiger partial charge in [0.15, 0.2) is 16.4 Å². The molecule has 3 rings (SSSR count). The van der Waals surface area contributed by atoms with E-state index in [1.165, 1.54) is 17.0 Å². The quantitative estimate of drug-likeness (QED) is 0.376. The van der Waals surface area contributed by atoms with Gasteiger partial charge in [0.1, 0.15) is 0 Å². The van der Waals surface area contributed by atoms with Crippen molar-refractivity contribution in [1.82, 2.24) is 0 Å². The lowest BCUT2D eigenvalue weighted by Crippen LogP contribution is -2.43. The monoisotopic (exact) mass is 450 g/mol. The van der Waals surface area contributed by atoms with Gasteiger partial charge in [-0.3, -0.25) is 14.9 Å². The average molecular weight is 451 g/mol. The van der Waals surface area contributed by atoms with E-state index in [0.717, 1.165) is 17.5 Å². The largest absolute Gasteiger partial charge is 0.452 e. The zero-order chi connectivity index (χ0) is 21.9. The molecule has 1 unspecified atom stereocenters. The highest BCUT2D eigenvalue weighted by molar-refractivity contribution is 7.94. The summed E-state index contributed by atoms with van der Waals surface area (Å²) in [5, 5.41) is 11.9. The van der Waals surface area contributed by atoms with Gasteiger partial charge in [-0.1, -0.05) is 29.8 Å². The fourth-order valence-corrected chi connectivity index (χ4v) is 4.35. The van der Waals surface area contributed by atoms with Gasteiger partial charge in [0.05, 0.1) is 27.3 Å². The number of non-ortho nitro benzene ring substituents is 1. The first-order valence-corrected chi connectivity index (χ1v) is 10.7. The summed E-state index contributed by atoms with van der Waals surface area (Å²) in [7, 11) is -3.44. The molecule has 0 radical (unpaired) electrons. The topological polar surface area (TPSA) is 124 Å². The van der Waals surface area contributed by atoms with Gasteiger partial charge < -0.3 is 9.64 Å². The maximum absolute atomic E-state index is 12.8. The number of amides is 1. The van der Waals surface area contributed by atoms with Gasteiger partial charge in [0, 0.05) is 23.2 Å². The van der Waals surface area contributed by atoms with Crippen molar-refractivity contribution in [2.75, 3.05) is 17.3 Å². The van der Waals surface area contributed by atoms with Gasteiger partial charge in [0.2, 0.25) is 0 Å². The van der Waals surface area contributed by atoms with Crippen LogP contribution in [-0.4, -0.2) is 43.6 Å². The van der Waals surface area contributed by atoms with Crippen molar-refractivity contribution in [3.63, 3.8) is 0 Å². The minimum absolute atomic E-state index is 0.0669. The van der Waals surface area contributed by atoms with Crippen LogP contribution in [0.3, 0.4) is 0 Å². The second-order valence-corrected chi connectivity index (χ2v) is 8.66. The number of nitro benzene ring substituents is 1.